The Bertz CT molecular complexity index is 800. The molecule has 2 atom stereocenters. The molecule has 0 saturated heterocycles. The van der Waals surface area contributed by atoms with E-state index in [4.69, 9.17) is 18.9 Å². The van der Waals surface area contributed by atoms with Crippen molar-refractivity contribution in [2.75, 3.05) is 13.2 Å². The summed E-state index contributed by atoms with van der Waals surface area (Å²) in [6, 6.07) is 14.1. The SMILES string of the molecule is CC(=O)c1ccccc1OCCOC(=O)C1Oc2ccccc2OC1C. The van der Waals surface area contributed by atoms with E-state index in [0.29, 0.717) is 22.8 Å². The minimum Gasteiger partial charge on any atom is -0.489 e. The molecule has 2 aromatic carbocycles. The van der Waals surface area contributed by atoms with Gasteiger partial charge in [0.15, 0.2) is 17.3 Å². The number of esters is 1. The van der Waals surface area contributed by atoms with Gasteiger partial charge in [-0.2, -0.15) is 0 Å². The summed E-state index contributed by atoms with van der Waals surface area (Å²) >= 11 is 0. The molecule has 6 heteroatoms. The van der Waals surface area contributed by atoms with Crippen molar-refractivity contribution in [1.82, 2.24) is 0 Å². The molecular formula is C20H20O6. The average Bonchev–Trinajstić information content (AvgIpc) is 2.64. The summed E-state index contributed by atoms with van der Waals surface area (Å²) in [7, 11) is 0. The van der Waals surface area contributed by atoms with Crippen LogP contribution in [0.1, 0.15) is 24.2 Å². The lowest BCUT2D eigenvalue weighted by atomic mass is 10.1. The maximum atomic E-state index is 12.3. The van der Waals surface area contributed by atoms with Crippen molar-refractivity contribution >= 4 is 11.8 Å². The largest absolute Gasteiger partial charge is 0.489 e. The van der Waals surface area contributed by atoms with Crippen molar-refractivity contribution in [1.29, 1.82) is 0 Å². The minimum absolute atomic E-state index is 0.0410. The first kappa shape index (κ1) is 17.8. The molecule has 136 valence electrons. The van der Waals surface area contributed by atoms with E-state index in [1.54, 1.807) is 49.4 Å². The van der Waals surface area contributed by atoms with Crippen LogP contribution in [0.5, 0.6) is 17.2 Å². The highest BCUT2D eigenvalue weighted by Gasteiger charge is 2.35. The molecule has 1 aliphatic rings. The minimum atomic E-state index is -0.839. The molecule has 0 aliphatic carbocycles. The number of carbonyl (C=O) groups excluding carboxylic acids is 2. The van der Waals surface area contributed by atoms with Crippen LogP contribution in [-0.2, 0) is 9.53 Å². The maximum Gasteiger partial charge on any atom is 0.351 e. The Kier molecular flexibility index (Phi) is 5.41. The zero-order chi connectivity index (χ0) is 18.5. The molecule has 1 aliphatic heterocycles. The monoisotopic (exact) mass is 356 g/mol. The second kappa shape index (κ2) is 7.91. The van der Waals surface area contributed by atoms with Crippen LogP contribution in [0.25, 0.3) is 0 Å². The van der Waals surface area contributed by atoms with Crippen LogP contribution in [0.4, 0.5) is 0 Å². The average molecular weight is 356 g/mol. The standard InChI is InChI=1S/C20H20O6/c1-13(21)15-7-3-4-8-16(15)23-11-12-24-20(22)19-14(2)25-17-9-5-6-10-18(17)26-19/h3-10,14,19H,11-12H2,1-2H3. The van der Waals surface area contributed by atoms with Crippen molar-refractivity contribution in [3.8, 4) is 17.2 Å². The Morgan fingerprint density at radius 1 is 0.962 bits per heavy atom. The van der Waals surface area contributed by atoms with E-state index in [2.05, 4.69) is 0 Å². The summed E-state index contributed by atoms with van der Waals surface area (Å²) in [5, 5.41) is 0. The van der Waals surface area contributed by atoms with Gasteiger partial charge >= 0.3 is 5.97 Å². The molecule has 6 nitrogen and oxygen atoms in total. The van der Waals surface area contributed by atoms with Crippen LogP contribution in [0.2, 0.25) is 0 Å². The molecule has 0 fully saturated rings. The highest BCUT2D eigenvalue weighted by molar-refractivity contribution is 5.96. The first-order valence-corrected chi connectivity index (χ1v) is 8.38. The molecule has 3 rings (SSSR count). The number of ketones is 1. The van der Waals surface area contributed by atoms with Crippen molar-refractivity contribution < 1.29 is 28.5 Å². The van der Waals surface area contributed by atoms with E-state index in [0.717, 1.165) is 0 Å². The van der Waals surface area contributed by atoms with Crippen LogP contribution in [0.15, 0.2) is 48.5 Å². The third kappa shape index (κ3) is 3.96. The lowest BCUT2D eigenvalue weighted by Crippen LogP contribution is -2.44. The fraction of sp³-hybridized carbons (Fsp3) is 0.300. The van der Waals surface area contributed by atoms with Gasteiger partial charge in [-0.05, 0) is 38.1 Å². The van der Waals surface area contributed by atoms with Gasteiger partial charge in [-0.25, -0.2) is 4.79 Å². The third-order valence-electron chi connectivity index (χ3n) is 3.93. The summed E-state index contributed by atoms with van der Waals surface area (Å²) in [5.41, 5.74) is 0.494. The number of para-hydroxylation sites is 3. The second-order valence-electron chi connectivity index (χ2n) is 5.88. The molecule has 2 aromatic rings. The molecule has 0 bridgehead atoms. The number of benzene rings is 2. The van der Waals surface area contributed by atoms with Gasteiger partial charge in [-0.1, -0.05) is 24.3 Å². The molecule has 1 heterocycles. The molecule has 0 amide bonds. The zero-order valence-electron chi connectivity index (χ0n) is 14.6. The Morgan fingerprint density at radius 3 is 2.35 bits per heavy atom. The summed E-state index contributed by atoms with van der Waals surface area (Å²) in [6.07, 6.45) is -1.30. The Labute approximate surface area is 151 Å². The van der Waals surface area contributed by atoms with Crippen molar-refractivity contribution in [2.45, 2.75) is 26.1 Å². The highest BCUT2D eigenvalue weighted by atomic mass is 16.6. The second-order valence-corrected chi connectivity index (χ2v) is 5.88. The number of ether oxygens (including phenoxy) is 4. The van der Waals surface area contributed by atoms with E-state index in [1.807, 2.05) is 6.07 Å². The molecule has 2 unspecified atom stereocenters. The number of rotatable bonds is 6. The van der Waals surface area contributed by atoms with E-state index >= 15 is 0 Å². The van der Waals surface area contributed by atoms with E-state index < -0.39 is 18.2 Å². The van der Waals surface area contributed by atoms with E-state index in [1.165, 1.54) is 6.92 Å². The Hall–Kier alpha value is -3.02. The molecule has 0 spiro atoms. The highest BCUT2D eigenvalue weighted by Crippen LogP contribution is 2.33. The molecule has 0 radical (unpaired) electrons. The smallest absolute Gasteiger partial charge is 0.351 e. The fourth-order valence-corrected chi connectivity index (χ4v) is 2.64. The Balaban J connectivity index is 1.51. The lowest BCUT2D eigenvalue weighted by Gasteiger charge is -2.30. The van der Waals surface area contributed by atoms with Crippen LogP contribution >= 0.6 is 0 Å². The quantitative estimate of drug-likeness (QED) is 0.450. The van der Waals surface area contributed by atoms with Crippen LogP contribution in [0.3, 0.4) is 0 Å². The fourth-order valence-electron chi connectivity index (χ4n) is 2.64. The van der Waals surface area contributed by atoms with Crippen LogP contribution in [0, 0.1) is 0 Å². The van der Waals surface area contributed by atoms with Gasteiger partial charge in [0.05, 0.1) is 5.56 Å². The third-order valence-corrected chi connectivity index (χ3v) is 3.93. The van der Waals surface area contributed by atoms with Crippen LogP contribution in [-0.4, -0.2) is 37.2 Å². The lowest BCUT2D eigenvalue weighted by molar-refractivity contribution is -0.158. The first-order valence-electron chi connectivity index (χ1n) is 8.38. The van der Waals surface area contributed by atoms with Gasteiger partial charge in [-0.3, -0.25) is 4.79 Å². The molecule has 0 N–H and O–H groups in total. The normalized spacial score (nSPS) is 18.1. The number of Topliss-reactive ketones (excluding diaryl/α,β-unsaturated/α-hetero) is 1. The predicted molar refractivity (Wildman–Crippen MR) is 93.8 cm³/mol. The molecular weight excluding hydrogens is 336 g/mol. The number of hydrogen-bond donors (Lipinski definition) is 0. The van der Waals surface area contributed by atoms with Crippen molar-refractivity contribution in [3.05, 3.63) is 54.1 Å². The number of carbonyl (C=O) groups is 2. The van der Waals surface area contributed by atoms with Gasteiger partial charge < -0.3 is 18.9 Å². The van der Waals surface area contributed by atoms with Gasteiger partial charge in [0.25, 0.3) is 0 Å². The Morgan fingerprint density at radius 2 is 1.62 bits per heavy atom. The zero-order valence-corrected chi connectivity index (χ0v) is 14.6. The predicted octanol–water partition coefficient (Wildman–Crippen LogP) is 3.04. The maximum absolute atomic E-state index is 12.3. The summed E-state index contributed by atoms with van der Waals surface area (Å²) < 4.78 is 22.2. The summed E-state index contributed by atoms with van der Waals surface area (Å²) in [5.74, 6) is 0.983. The number of hydrogen-bond acceptors (Lipinski definition) is 6. The van der Waals surface area contributed by atoms with Crippen molar-refractivity contribution in [3.63, 3.8) is 0 Å². The van der Waals surface area contributed by atoms with Gasteiger partial charge in [-0.15, -0.1) is 0 Å². The van der Waals surface area contributed by atoms with E-state index in [9.17, 15) is 9.59 Å². The van der Waals surface area contributed by atoms with Crippen molar-refractivity contribution in [2.24, 2.45) is 0 Å². The number of fused-ring (bicyclic) bond motifs is 1. The molecule has 0 saturated carbocycles. The van der Waals surface area contributed by atoms with Gasteiger partial charge in [0.1, 0.15) is 25.1 Å². The van der Waals surface area contributed by atoms with Crippen LogP contribution < -0.4 is 14.2 Å². The first-order chi connectivity index (χ1) is 12.6. The summed E-state index contributed by atoms with van der Waals surface area (Å²) in [4.78, 5) is 23.8. The molecule has 0 aromatic heterocycles. The van der Waals surface area contributed by atoms with Gasteiger partial charge in [0.2, 0.25) is 6.10 Å². The van der Waals surface area contributed by atoms with Gasteiger partial charge in [0, 0.05) is 0 Å². The van der Waals surface area contributed by atoms with E-state index in [-0.39, 0.29) is 19.0 Å². The topological polar surface area (TPSA) is 71.1 Å². The molecule has 26 heavy (non-hydrogen) atoms. The summed E-state index contributed by atoms with van der Waals surface area (Å²) in [6.45, 7) is 3.40.